The van der Waals surface area contributed by atoms with Crippen LogP contribution < -0.4 is 16.0 Å². The highest BCUT2D eigenvalue weighted by Gasteiger charge is 2.29. The number of hydrogen-bond donors (Lipinski definition) is 3. The zero-order valence-electron chi connectivity index (χ0n) is 14.6. The highest BCUT2D eigenvalue weighted by Crippen LogP contribution is 2.31. The lowest BCUT2D eigenvalue weighted by atomic mass is 10.1. The lowest BCUT2D eigenvalue weighted by molar-refractivity contribution is -0.117. The third-order valence-electron chi connectivity index (χ3n) is 4.31. The molecule has 1 fully saturated rings. The molecule has 5 heteroatoms. The minimum absolute atomic E-state index is 0.0809. The molecule has 0 unspecified atom stereocenters. The fraction of sp³-hybridized carbons (Fsp3) is 0.300. The number of hydrogen-bond acceptors (Lipinski definition) is 3. The zero-order valence-corrected chi connectivity index (χ0v) is 14.6. The molecule has 2 aromatic carbocycles. The van der Waals surface area contributed by atoms with E-state index in [9.17, 15) is 9.59 Å². The second kappa shape index (κ2) is 7.38. The Balaban J connectivity index is 1.57. The van der Waals surface area contributed by atoms with E-state index < -0.39 is 0 Å². The van der Waals surface area contributed by atoms with Crippen molar-refractivity contribution in [2.24, 2.45) is 5.92 Å². The highest BCUT2D eigenvalue weighted by molar-refractivity contribution is 5.96. The van der Waals surface area contributed by atoms with Gasteiger partial charge in [-0.05, 0) is 56.5 Å². The van der Waals surface area contributed by atoms with Gasteiger partial charge in [-0.2, -0.15) is 0 Å². The molecule has 2 aromatic rings. The Kier molecular flexibility index (Phi) is 5.03. The fourth-order valence-corrected chi connectivity index (χ4v) is 2.56. The van der Waals surface area contributed by atoms with Crippen LogP contribution in [0.15, 0.2) is 42.5 Å². The smallest absolute Gasteiger partial charge is 0.243 e. The number of amides is 2. The van der Waals surface area contributed by atoms with Crippen LogP contribution in [0.5, 0.6) is 0 Å². The second-order valence-electron chi connectivity index (χ2n) is 6.51. The molecular weight excluding hydrogens is 314 g/mol. The Hall–Kier alpha value is -2.82. The minimum Gasteiger partial charge on any atom is -0.376 e. The van der Waals surface area contributed by atoms with Crippen molar-refractivity contribution < 1.29 is 9.59 Å². The summed E-state index contributed by atoms with van der Waals surface area (Å²) < 4.78 is 0. The summed E-state index contributed by atoms with van der Waals surface area (Å²) in [5.74, 6) is 0.129. The first kappa shape index (κ1) is 17.0. The number of rotatable bonds is 6. The van der Waals surface area contributed by atoms with Crippen molar-refractivity contribution in [3.8, 4) is 0 Å². The molecule has 130 valence electrons. The lowest BCUT2D eigenvalue weighted by Gasteiger charge is -2.14. The van der Waals surface area contributed by atoms with Gasteiger partial charge in [-0.1, -0.05) is 23.8 Å². The minimum atomic E-state index is -0.115. The van der Waals surface area contributed by atoms with E-state index in [1.54, 1.807) is 0 Å². The number of carbonyl (C=O) groups excluding carboxylic acids is 2. The summed E-state index contributed by atoms with van der Waals surface area (Å²) in [5.41, 5.74) is 4.49. The van der Waals surface area contributed by atoms with Crippen molar-refractivity contribution >= 4 is 28.9 Å². The highest BCUT2D eigenvalue weighted by atomic mass is 16.2. The first-order chi connectivity index (χ1) is 12.0. The molecule has 2 amide bonds. The molecule has 1 aliphatic rings. The maximum absolute atomic E-state index is 12.1. The Morgan fingerprint density at radius 2 is 1.64 bits per heavy atom. The normalized spacial score (nSPS) is 13.2. The maximum Gasteiger partial charge on any atom is 0.243 e. The van der Waals surface area contributed by atoms with Crippen molar-refractivity contribution in [2.45, 2.75) is 26.7 Å². The van der Waals surface area contributed by atoms with E-state index in [4.69, 9.17) is 0 Å². The van der Waals surface area contributed by atoms with Crippen LogP contribution in [0.25, 0.3) is 0 Å². The van der Waals surface area contributed by atoms with Crippen LogP contribution in [0.4, 0.5) is 17.1 Å². The van der Waals surface area contributed by atoms with E-state index >= 15 is 0 Å². The van der Waals surface area contributed by atoms with Crippen molar-refractivity contribution in [1.29, 1.82) is 0 Å². The average molecular weight is 337 g/mol. The van der Waals surface area contributed by atoms with E-state index in [0.29, 0.717) is 0 Å². The molecule has 1 aliphatic carbocycles. The van der Waals surface area contributed by atoms with Gasteiger partial charge in [-0.15, -0.1) is 0 Å². The van der Waals surface area contributed by atoms with Gasteiger partial charge in [-0.25, -0.2) is 0 Å². The monoisotopic (exact) mass is 337 g/mol. The number of anilines is 3. The topological polar surface area (TPSA) is 70.2 Å². The molecular formula is C20H23N3O2. The predicted molar refractivity (Wildman–Crippen MR) is 101 cm³/mol. The third kappa shape index (κ3) is 4.59. The van der Waals surface area contributed by atoms with Crippen molar-refractivity contribution in [2.75, 3.05) is 22.5 Å². The lowest BCUT2D eigenvalue weighted by Crippen LogP contribution is -2.22. The summed E-state index contributed by atoms with van der Waals surface area (Å²) in [6, 6.07) is 13.3. The number of carbonyl (C=O) groups is 2. The molecule has 3 rings (SSSR count). The maximum atomic E-state index is 12.1. The Labute approximate surface area is 147 Å². The van der Waals surface area contributed by atoms with Crippen LogP contribution >= 0.6 is 0 Å². The van der Waals surface area contributed by atoms with Gasteiger partial charge in [-0.3, -0.25) is 9.59 Å². The molecule has 0 aliphatic heterocycles. The predicted octanol–water partition coefficient (Wildman–Crippen LogP) is 3.70. The Morgan fingerprint density at radius 1 is 0.960 bits per heavy atom. The quantitative estimate of drug-likeness (QED) is 0.753. The molecule has 0 radical (unpaired) electrons. The van der Waals surface area contributed by atoms with Crippen LogP contribution in [0.1, 0.15) is 24.0 Å². The first-order valence-electron chi connectivity index (χ1n) is 8.54. The van der Waals surface area contributed by atoms with Gasteiger partial charge in [0, 0.05) is 23.0 Å². The van der Waals surface area contributed by atoms with Crippen LogP contribution in [-0.4, -0.2) is 18.4 Å². The van der Waals surface area contributed by atoms with E-state index in [0.717, 1.165) is 41.0 Å². The van der Waals surface area contributed by atoms with Gasteiger partial charge in [0.15, 0.2) is 0 Å². The molecule has 0 bridgehead atoms. The van der Waals surface area contributed by atoms with E-state index in [1.807, 2.05) is 56.3 Å². The third-order valence-corrected chi connectivity index (χ3v) is 4.31. The molecule has 0 atom stereocenters. The van der Waals surface area contributed by atoms with Gasteiger partial charge in [0.25, 0.3) is 0 Å². The summed E-state index contributed by atoms with van der Waals surface area (Å²) in [7, 11) is 0. The van der Waals surface area contributed by atoms with Crippen LogP contribution in [-0.2, 0) is 9.59 Å². The standard InChI is InChI=1S/C20H23N3O2/c1-13-6-10-16(11-7-13)22-19(24)12-21-17-4-3-5-18(14(17)2)23-20(25)15-8-9-15/h3-7,10-11,15,21H,8-9,12H2,1-2H3,(H,22,24)(H,23,25). The van der Waals surface area contributed by atoms with Gasteiger partial charge in [0.2, 0.25) is 11.8 Å². The number of aryl methyl sites for hydroxylation is 1. The molecule has 0 saturated heterocycles. The Morgan fingerprint density at radius 3 is 2.32 bits per heavy atom. The Bertz CT molecular complexity index is 780. The van der Waals surface area contributed by atoms with Crippen LogP contribution in [0, 0.1) is 19.8 Å². The molecule has 25 heavy (non-hydrogen) atoms. The van der Waals surface area contributed by atoms with Gasteiger partial charge in [0.1, 0.15) is 0 Å². The molecule has 1 saturated carbocycles. The van der Waals surface area contributed by atoms with E-state index in [-0.39, 0.29) is 24.3 Å². The summed E-state index contributed by atoms with van der Waals surface area (Å²) in [6.07, 6.45) is 1.95. The molecule has 3 N–H and O–H groups in total. The van der Waals surface area contributed by atoms with Crippen LogP contribution in [0.3, 0.4) is 0 Å². The number of nitrogens with one attached hydrogen (secondary N) is 3. The van der Waals surface area contributed by atoms with Gasteiger partial charge >= 0.3 is 0 Å². The van der Waals surface area contributed by atoms with Crippen molar-refractivity contribution in [1.82, 2.24) is 0 Å². The summed E-state index contributed by atoms with van der Waals surface area (Å²) in [4.78, 5) is 24.0. The number of benzene rings is 2. The first-order valence-corrected chi connectivity index (χ1v) is 8.54. The van der Waals surface area contributed by atoms with E-state index in [1.165, 1.54) is 0 Å². The summed E-state index contributed by atoms with van der Waals surface area (Å²) in [6.45, 7) is 4.10. The fourth-order valence-electron chi connectivity index (χ4n) is 2.56. The van der Waals surface area contributed by atoms with Gasteiger partial charge in [0.05, 0.1) is 6.54 Å². The molecule has 0 aromatic heterocycles. The summed E-state index contributed by atoms with van der Waals surface area (Å²) >= 11 is 0. The molecule has 0 spiro atoms. The SMILES string of the molecule is Cc1ccc(NC(=O)CNc2cccc(NC(=O)C3CC3)c2C)cc1. The zero-order chi connectivity index (χ0) is 17.8. The van der Waals surface area contributed by atoms with Crippen LogP contribution in [0.2, 0.25) is 0 Å². The van der Waals surface area contributed by atoms with Gasteiger partial charge < -0.3 is 16.0 Å². The largest absolute Gasteiger partial charge is 0.376 e. The molecule has 5 nitrogen and oxygen atoms in total. The van der Waals surface area contributed by atoms with E-state index in [2.05, 4.69) is 16.0 Å². The summed E-state index contributed by atoms with van der Waals surface area (Å²) in [5, 5.41) is 8.96. The van der Waals surface area contributed by atoms with Crippen molar-refractivity contribution in [3.05, 3.63) is 53.6 Å². The average Bonchev–Trinajstić information content (AvgIpc) is 3.43. The molecule has 0 heterocycles. The second-order valence-corrected chi connectivity index (χ2v) is 6.51. The van der Waals surface area contributed by atoms with Crippen molar-refractivity contribution in [3.63, 3.8) is 0 Å².